The summed E-state index contributed by atoms with van der Waals surface area (Å²) >= 11 is 0. The van der Waals surface area contributed by atoms with E-state index >= 15 is 0 Å². The van der Waals surface area contributed by atoms with Crippen LogP contribution in [0.4, 0.5) is 17.6 Å². The molecule has 0 saturated heterocycles. The van der Waals surface area contributed by atoms with Gasteiger partial charge in [0.25, 0.3) is 6.36 Å². The van der Waals surface area contributed by atoms with Crippen molar-refractivity contribution < 1.29 is 37.3 Å². The van der Waals surface area contributed by atoms with Crippen molar-refractivity contribution in [3.05, 3.63) is 29.3 Å². The van der Waals surface area contributed by atoms with Gasteiger partial charge in [-0.1, -0.05) is 0 Å². The molecule has 170 valence electrons. The van der Waals surface area contributed by atoms with Crippen LogP contribution in [0.3, 0.4) is 0 Å². The van der Waals surface area contributed by atoms with Crippen LogP contribution in [0.15, 0.2) is 12.3 Å². The van der Waals surface area contributed by atoms with Crippen LogP contribution in [0.2, 0.25) is 0 Å². The van der Waals surface area contributed by atoms with Crippen molar-refractivity contribution in [3.8, 4) is 17.1 Å². The first kappa shape index (κ1) is 23.0. The molecule has 0 aliphatic heterocycles. The first-order valence-corrected chi connectivity index (χ1v) is 9.70. The second-order valence-corrected chi connectivity index (χ2v) is 8.13. The highest BCUT2D eigenvalue weighted by Gasteiger charge is 2.35. The van der Waals surface area contributed by atoms with Crippen molar-refractivity contribution in [1.29, 1.82) is 0 Å². The number of pyridine rings is 1. The van der Waals surface area contributed by atoms with Crippen molar-refractivity contribution >= 4 is 5.97 Å². The van der Waals surface area contributed by atoms with Gasteiger partial charge < -0.3 is 14.9 Å². The van der Waals surface area contributed by atoms with E-state index < -0.39 is 48.0 Å². The summed E-state index contributed by atoms with van der Waals surface area (Å²) in [4.78, 5) is 15.0. The van der Waals surface area contributed by atoms with Gasteiger partial charge >= 0.3 is 12.4 Å². The van der Waals surface area contributed by atoms with Gasteiger partial charge in [-0.25, -0.2) is 18.2 Å². The average molecular weight is 445 g/mol. The second-order valence-electron chi connectivity index (χ2n) is 8.13. The van der Waals surface area contributed by atoms with Gasteiger partial charge in [-0.15, -0.1) is 0 Å². The van der Waals surface area contributed by atoms with Gasteiger partial charge in [-0.3, -0.25) is 9.48 Å². The van der Waals surface area contributed by atoms with Crippen LogP contribution in [-0.2, 0) is 17.6 Å². The molecule has 31 heavy (non-hydrogen) atoms. The van der Waals surface area contributed by atoms with Crippen LogP contribution in [0, 0.1) is 11.7 Å². The molecule has 2 heterocycles. The number of halogens is 4. The molecule has 3 rings (SSSR count). The van der Waals surface area contributed by atoms with E-state index in [1.807, 2.05) is 0 Å². The standard InChI is InChI=1S/C20H23F4N3O4/c1-9(20(2,3)30)27-14-6-10(19(28)29)4-5-11(14)16(26-27)12-7-15(25-8-13(12)21)31-18(24)17(22)23/h7-10,17-18,30H,4-6H2,1-3H3,(H,28,29)/t9?,10-,18?/m1/s1. The predicted octanol–water partition coefficient (Wildman–Crippen LogP) is 3.55. The fourth-order valence-corrected chi connectivity index (χ4v) is 3.52. The zero-order valence-corrected chi connectivity index (χ0v) is 17.1. The first-order valence-electron chi connectivity index (χ1n) is 9.70. The molecule has 11 heteroatoms. The summed E-state index contributed by atoms with van der Waals surface area (Å²) in [6.07, 6.45) is -4.90. The van der Waals surface area contributed by atoms with Crippen molar-refractivity contribution in [2.45, 2.75) is 64.5 Å². The van der Waals surface area contributed by atoms with Crippen LogP contribution in [0.5, 0.6) is 5.88 Å². The van der Waals surface area contributed by atoms with Crippen molar-refractivity contribution in [1.82, 2.24) is 14.8 Å². The number of aliphatic carboxylic acids is 1. The summed E-state index contributed by atoms with van der Waals surface area (Å²) in [5, 5.41) is 24.3. The number of fused-ring (bicyclic) bond motifs is 1. The maximum absolute atomic E-state index is 14.6. The first-order chi connectivity index (χ1) is 14.4. The van der Waals surface area contributed by atoms with E-state index in [0.717, 1.165) is 12.3 Å². The topological polar surface area (TPSA) is 97.5 Å². The number of rotatable bonds is 7. The molecular weight excluding hydrogens is 422 g/mol. The molecule has 2 aromatic rings. The molecule has 0 spiro atoms. The predicted molar refractivity (Wildman–Crippen MR) is 101 cm³/mol. The Morgan fingerprint density at radius 1 is 1.35 bits per heavy atom. The number of alkyl halides is 3. The Balaban J connectivity index is 2.11. The van der Waals surface area contributed by atoms with Crippen LogP contribution in [0.25, 0.3) is 11.3 Å². The highest BCUT2D eigenvalue weighted by molar-refractivity contribution is 5.72. The number of carbonyl (C=O) groups is 1. The van der Waals surface area contributed by atoms with Gasteiger partial charge in [0.15, 0.2) is 5.82 Å². The van der Waals surface area contributed by atoms with Gasteiger partial charge in [-0.05, 0) is 33.6 Å². The maximum atomic E-state index is 14.6. The lowest BCUT2D eigenvalue weighted by Gasteiger charge is -2.29. The molecule has 2 aromatic heterocycles. The quantitative estimate of drug-likeness (QED) is 0.633. The lowest BCUT2D eigenvalue weighted by Crippen LogP contribution is -2.34. The maximum Gasteiger partial charge on any atom is 0.306 e. The fourth-order valence-electron chi connectivity index (χ4n) is 3.52. The van der Waals surface area contributed by atoms with Gasteiger partial charge in [0.2, 0.25) is 5.88 Å². The monoisotopic (exact) mass is 445 g/mol. The third-order valence-corrected chi connectivity index (χ3v) is 5.56. The molecular formula is C20H23F4N3O4. The number of ether oxygens (including phenoxy) is 1. The van der Waals surface area contributed by atoms with Crippen LogP contribution in [0.1, 0.15) is 44.5 Å². The Labute approximate surface area is 175 Å². The molecule has 2 unspecified atom stereocenters. The molecule has 0 bridgehead atoms. The molecule has 0 fully saturated rings. The van der Waals surface area contributed by atoms with E-state index in [4.69, 9.17) is 0 Å². The molecule has 0 saturated carbocycles. The van der Waals surface area contributed by atoms with Crippen LogP contribution in [-0.4, -0.2) is 49.3 Å². The molecule has 3 atom stereocenters. The van der Waals surface area contributed by atoms with Gasteiger partial charge in [0.1, 0.15) is 0 Å². The van der Waals surface area contributed by atoms with E-state index in [1.165, 1.54) is 4.68 Å². The van der Waals surface area contributed by atoms with Crippen LogP contribution < -0.4 is 4.74 Å². The summed E-state index contributed by atoms with van der Waals surface area (Å²) < 4.78 is 58.7. The lowest BCUT2D eigenvalue weighted by molar-refractivity contribution is -0.142. The minimum Gasteiger partial charge on any atom is -0.481 e. The highest BCUT2D eigenvalue weighted by Crippen LogP contribution is 2.38. The summed E-state index contributed by atoms with van der Waals surface area (Å²) in [6.45, 7) is 4.82. The van der Waals surface area contributed by atoms with E-state index in [-0.39, 0.29) is 24.1 Å². The number of aliphatic hydroxyl groups is 1. The zero-order chi connectivity index (χ0) is 23.1. The SMILES string of the molecule is CC(n1nc(-c2cc(OC(F)C(F)F)ncc2F)c2c1C[C@H](C(=O)O)CC2)C(C)(C)O. The molecule has 7 nitrogen and oxygen atoms in total. The summed E-state index contributed by atoms with van der Waals surface area (Å²) in [7, 11) is 0. The zero-order valence-electron chi connectivity index (χ0n) is 17.1. The Morgan fingerprint density at radius 3 is 2.61 bits per heavy atom. The Morgan fingerprint density at radius 2 is 2.03 bits per heavy atom. The normalized spacial score (nSPS) is 18.5. The summed E-state index contributed by atoms with van der Waals surface area (Å²) in [5.74, 6) is -3.00. The molecule has 0 aromatic carbocycles. The minimum atomic E-state index is -3.40. The Bertz CT molecular complexity index is 974. The average Bonchev–Trinajstić information content (AvgIpc) is 3.06. The molecule has 1 aliphatic carbocycles. The summed E-state index contributed by atoms with van der Waals surface area (Å²) in [6, 6.07) is 0.396. The van der Waals surface area contributed by atoms with Crippen LogP contribution >= 0.6 is 0 Å². The number of nitrogens with zero attached hydrogens (tertiary/aromatic N) is 3. The lowest BCUT2D eigenvalue weighted by atomic mass is 9.85. The smallest absolute Gasteiger partial charge is 0.306 e. The Hall–Kier alpha value is -2.69. The van der Waals surface area contributed by atoms with Gasteiger partial charge in [0.05, 0.1) is 29.5 Å². The minimum absolute atomic E-state index is 0.131. The van der Waals surface area contributed by atoms with E-state index in [1.54, 1.807) is 20.8 Å². The number of carboxylic acid groups (broad SMARTS) is 1. The van der Waals surface area contributed by atoms with E-state index in [0.29, 0.717) is 17.7 Å². The van der Waals surface area contributed by atoms with Crippen molar-refractivity contribution in [3.63, 3.8) is 0 Å². The number of carboxylic acids is 1. The fraction of sp³-hybridized carbons (Fsp3) is 0.550. The number of aromatic nitrogens is 3. The van der Waals surface area contributed by atoms with E-state index in [2.05, 4.69) is 14.8 Å². The van der Waals surface area contributed by atoms with Gasteiger partial charge in [-0.2, -0.15) is 9.49 Å². The number of hydrogen-bond donors (Lipinski definition) is 2. The second kappa shape index (κ2) is 8.45. The Kier molecular flexibility index (Phi) is 6.26. The largest absolute Gasteiger partial charge is 0.481 e. The van der Waals surface area contributed by atoms with Gasteiger partial charge in [0, 0.05) is 29.3 Å². The third-order valence-electron chi connectivity index (χ3n) is 5.56. The van der Waals surface area contributed by atoms with Crippen molar-refractivity contribution in [2.75, 3.05) is 0 Å². The number of hydrogen-bond acceptors (Lipinski definition) is 5. The third kappa shape index (κ3) is 4.65. The van der Waals surface area contributed by atoms with E-state index in [9.17, 15) is 32.6 Å². The summed E-state index contributed by atoms with van der Waals surface area (Å²) in [5.41, 5.74) is -0.102. The van der Waals surface area contributed by atoms with Crippen molar-refractivity contribution in [2.24, 2.45) is 5.92 Å². The molecule has 0 radical (unpaired) electrons. The molecule has 2 N–H and O–H groups in total. The molecule has 1 aliphatic rings. The molecule has 0 amide bonds. The highest BCUT2D eigenvalue weighted by atomic mass is 19.3.